The fourth-order valence-electron chi connectivity index (χ4n) is 3.03. The molecule has 0 atom stereocenters. The van der Waals surface area contributed by atoms with Crippen molar-refractivity contribution in [1.29, 1.82) is 0 Å². The number of carbonyl (C=O) groups excluding carboxylic acids is 1. The summed E-state index contributed by atoms with van der Waals surface area (Å²) in [6, 6.07) is 20.6. The lowest BCUT2D eigenvalue weighted by Gasteiger charge is -2.24. The molecule has 3 rings (SSSR count). The third-order valence-electron chi connectivity index (χ3n) is 4.71. The van der Waals surface area contributed by atoms with Gasteiger partial charge in [0.25, 0.3) is 10.0 Å². The van der Waals surface area contributed by atoms with Crippen LogP contribution in [-0.4, -0.2) is 33.7 Å². The van der Waals surface area contributed by atoms with Crippen LogP contribution in [0.5, 0.6) is 5.75 Å². The number of sulfonamides is 1. The highest BCUT2D eigenvalue weighted by atomic mass is 32.2. The van der Waals surface area contributed by atoms with Crippen LogP contribution >= 0.6 is 11.8 Å². The minimum absolute atomic E-state index is 0.129. The van der Waals surface area contributed by atoms with Gasteiger partial charge in [0.15, 0.2) is 0 Å². The SMILES string of the molecule is CCOc1ccc(NC(=O)CN(c2ccc(C)cc2)S(=O)(=O)c2ccc(SC)cc2)cc1. The first-order valence-electron chi connectivity index (χ1n) is 10.1. The molecule has 0 radical (unpaired) electrons. The minimum atomic E-state index is -3.95. The van der Waals surface area contributed by atoms with Crippen molar-refractivity contribution in [2.45, 2.75) is 23.6 Å². The van der Waals surface area contributed by atoms with E-state index < -0.39 is 15.9 Å². The maximum absolute atomic E-state index is 13.4. The zero-order chi connectivity index (χ0) is 23.1. The number of aryl methyl sites for hydroxylation is 1. The molecule has 1 N–H and O–H groups in total. The summed E-state index contributed by atoms with van der Waals surface area (Å²) in [5, 5.41) is 2.76. The van der Waals surface area contributed by atoms with Crippen LogP contribution in [0.2, 0.25) is 0 Å². The molecule has 0 spiro atoms. The second kappa shape index (κ2) is 10.6. The topological polar surface area (TPSA) is 75.7 Å². The smallest absolute Gasteiger partial charge is 0.264 e. The molecule has 0 aromatic heterocycles. The van der Waals surface area contributed by atoms with E-state index >= 15 is 0 Å². The molecule has 0 aliphatic carbocycles. The van der Waals surface area contributed by atoms with Crippen LogP contribution in [0.15, 0.2) is 82.6 Å². The Hall–Kier alpha value is -2.97. The van der Waals surface area contributed by atoms with Crippen molar-refractivity contribution in [3.63, 3.8) is 0 Å². The van der Waals surface area contributed by atoms with Crippen LogP contribution in [-0.2, 0) is 14.8 Å². The average Bonchev–Trinajstić information content (AvgIpc) is 2.79. The summed E-state index contributed by atoms with van der Waals surface area (Å²) >= 11 is 1.53. The molecular formula is C24H26N2O4S2. The Morgan fingerprint density at radius 2 is 1.59 bits per heavy atom. The number of anilines is 2. The molecular weight excluding hydrogens is 444 g/mol. The highest BCUT2D eigenvalue weighted by molar-refractivity contribution is 7.98. The number of rotatable bonds is 9. The molecule has 0 saturated carbocycles. The molecule has 0 bridgehead atoms. The number of ether oxygens (including phenoxy) is 1. The molecule has 0 unspecified atom stereocenters. The van der Waals surface area contributed by atoms with Gasteiger partial charge in [0.2, 0.25) is 5.91 Å². The lowest BCUT2D eigenvalue weighted by Crippen LogP contribution is -2.38. The van der Waals surface area contributed by atoms with E-state index in [1.807, 2.05) is 32.2 Å². The van der Waals surface area contributed by atoms with Crippen molar-refractivity contribution in [1.82, 2.24) is 0 Å². The molecule has 168 valence electrons. The van der Waals surface area contributed by atoms with Crippen LogP contribution in [0.3, 0.4) is 0 Å². The van der Waals surface area contributed by atoms with Crippen molar-refractivity contribution in [2.24, 2.45) is 0 Å². The standard InChI is InChI=1S/C24H26N2O4S2/c1-4-30-21-11-7-19(8-12-21)25-24(27)17-26(20-9-5-18(2)6-10-20)32(28,29)23-15-13-22(31-3)14-16-23/h5-16H,4,17H2,1-3H3,(H,25,27). The van der Waals surface area contributed by atoms with Crippen molar-refractivity contribution in [3.8, 4) is 5.75 Å². The highest BCUT2D eigenvalue weighted by Crippen LogP contribution is 2.26. The van der Waals surface area contributed by atoms with Crippen molar-refractivity contribution in [3.05, 3.63) is 78.4 Å². The number of thioether (sulfide) groups is 1. The van der Waals surface area contributed by atoms with Gasteiger partial charge in [-0.2, -0.15) is 0 Å². The molecule has 3 aromatic carbocycles. The first kappa shape index (κ1) is 23.7. The van der Waals surface area contributed by atoms with Crippen molar-refractivity contribution in [2.75, 3.05) is 29.0 Å². The monoisotopic (exact) mass is 470 g/mol. The Kier molecular flexibility index (Phi) is 7.82. The van der Waals surface area contributed by atoms with Crippen LogP contribution in [0, 0.1) is 6.92 Å². The predicted molar refractivity (Wildman–Crippen MR) is 130 cm³/mol. The second-order valence-corrected chi connectivity index (χ2v) is 9.77. The normalized spacial score (nSPS) is 11.1. The number of nitrogens with zero attached hydrogens (tertiary/aromatic N) is 1. The van der Waals surface area contributed by atoms with Crippen LogP contribution in [0.25, 0.3) is 0 Å². The van der Waals surface area contributed by atoms with Gasteiger partial charge in [0.05, 0.1) is 17.2 Å². The largest absolute Gasteiger partial charge is 0.494 e. The molecule has 0 fully saturated rings. The Labute approximate surface area is 193 Å². The first-order chi connectivity index (χ1) is 15.3. The van der Waals surface area contributed by atoms with E-state index in [4.69, 9.17) is 4.74 Å². The zero-order valence-corrected chi connectivity index (χ0v) is 19.9. The Morgan fingerprint density at radius 1 is 0.969 bits per heavy atom. The molecule has 0 heterocycles. The van der Waals surface area contributed by atoms with E-state index in [1.165, 1.54) is 11.8 Å². The van der Waals surface area contributed by atoms with Crippen LogP contribution < -0.4 is 14.4 Å². The molecule has 6 nitrogen and oxygen atoms in total. The van der Waals surface area contributed by atoms with Gasteiger partial charge in [-0.25, -0.2) is 8.42 Å². The number of amides is 1. The maximum Gasteiger partial charge on any atom is 0.264 e. The van der Waals surface area contributed by atoms with Crippen LogP contribution in [0.4, 0.5) is 11.4 Å². The van der Waals surface area contributed by atoms with Crippen molar-refractivity contribution >= 4 is 39.1 Å². The van der Waals surface area contributed by atoms with Gasteiger partial charge in [-0.15, -0.1) is 11.8 Å². The lowest BCUT2D eigenvalue weighted by molar-refractivity contribution is -0.114. The second-order valence-electron chi connectivity index (χ2n) is 7.03. The molecule has 0 aliphatic heterocycles. The summed E-state index contributed by atoms with van der Waals surface area (Å²) in [5.74, 6) is 0.252. The van der Waals surface area contributed by atoms with Gasteiger partial charge in [0, 0.05) is 10.6 Å². The number of carbonyl (C=O) groups is 1. The molecule has 0 saturated heterocycles. The Morgan fingerprint density at radius 3 is 2.16 bits per heavy atom. The van der Waals surface area contributed by atoms with E-state index in [1.54, 1.807) is 60.7 Å². The number of benzene rings is 3. The number of hydrogen-bond acceptors (Lipinski definition) is 5. The summed E-state index contributed by atoms with van der Waals surface area (Å²) in [5.41, 5.74) is 1.98. The Balaban J connectivity index is 1.87. The van der Waals surface area contributed by atoms with Gasteiger partial charge in [-0.05, 0) is 80.8 Å². The van der Waals surface area contributed by atoms with E-state index in [0.717, 1.165) is 14.8 Å². The van der Waals surface area contributed by atoms with E-state index in [-0.39, 0.29) is 11.4 Å². The summed E-state index contributed by atoms with van der Waals surface area (Å²) in [6.07, 6.45) is 1.92. The van der Waals surface area contributed by atoms with Gasteiger partial charge in [-0.3, -0.25) is 9.10 Å². The summed E-state index contributed by atoms with van der Waals surface area (Å²) in [7, 11) is -3.95. The quantitative estimate of drug-likeness (QED) is 0.448. The maximum atomic E-state index is 13.4. The van der Waals surface area contributed by atoms with Gasteiger partial charge in [-0.1, -0.05) is 17.7 Å². The molecule has 32 heavy (non-hydrogen) atoms. The average molecular weight is 471 g/mol. The third-order valence-corrected chi connectivity index (χ3v) is 7.24. The highest BCUT2D eigenvalue weighted by Gasteiger charge is 2.27. The number of nitrogens with one attached hydrogen (secondary N) is 1. The van der Waals surface area contributed by atoms with Gasteiger partial charge >= 0.3 is 0 Å². The number of hydrogen-bond donors (Lipinski definition) is 1. The molecule has 1 amide bonds. The lowest BCUT2D eigenvalue weighted by atomic mass is 10.2. The minimum Gasteiger partial charge on any atom is -0.494 e. The van der Waals surface area contributed by atoms with Gasteiger partial charge in [0.1, 0.15) is 12.3 Å². The Bertz CT molecular complexity index is 1140. The fourth-order valence-corrected chi connectivity index (χ4v) is 4.86. The van der Waals surface area contributed by atoms with Crippen LogP contribution in [0.1, 0.15) is 12.5 Å². The first-order valence-corrected chi connectivity index (χ1v) is 12.8. The molecule has 0 aliphatic rings. The summed E-state index contributed by atoms with van der Waals surface area (Å²) in [6.45, 7) is 4.00. The molecule has 3 aromatic rings. The zero-order valence-electron chi connectivity index (χ0n) is 18.2. The van der Waals surface area contributed by atoms with E-state index in [0.29, 0.717) is 23.7 Å². The van der Waals surface area contributed by atoms with Crippen molar-refractivity contribution < 1.29 is 17.9 Å². The summed E-state index contributed by atoms with van der Waals surface area (Å²) < 4.78 is 33.4. The predicted octanol–water partition coefficient (Wildman–Crippen LogP) is 4.95. The van der Waals surface area contributed by atoms with E-state index in [2.05, 4.69) is 5.32 Å². The third kappa shape index (κ3) is 5.83. The fraction of sp³-hybridized carbons (Fsp3) is 0.208. The molecule has 8 heteroatoms. The van der Waals surface area contributed by atoms with Gasteiger partial charge < -0.3 is 10.1 Å². The summed E-state index contributed by atoms with van der Waals surface area (Å²) in [4.78, 5) is 13.9. The van der Waals surface area contributed by atoms with E-state index in [9.17, 15) is 13.2 Å².